The minimum atomic E-state index is 0.400. The van der Waals surface area contributed by atoms with E-state index in [1.807, 2.05) is 6.07 Å². The van der Waals surface area contributed by atoms with Crippen molar-refractivity contribution in [2.75, 3.05) is 33.4 Å². The van der Waals surface area contributed by atoms with Gasteiger partial charge in [-0.3, -0.25) is 4.90 Å². The number of nitrogens with zero attached hydrogens (tertiary/aromatic N) is 1. The van der Waals surface area contributed by atoms with Crippen LogP contribution in [0.2, 0.25) is 0 Å². The molecule has 0 radical (unpaired) electrons. The Balaban J connectivity index is 2.71. The smallest absolute Gasteiger partial charge is 0.0589 e. The molecule has 3 heteroatoms. The number of hydrogen-bond donors (Lipinski definition) is 1. The van der Waals surface area contributed by atoms with Crippen LogP contribution in [0.5, 0.6) is 0 Å². The van der Waals surface area contributed by atoms with Crippen molar-refractivity contribution in [2.24, 2.45) is 11.7 Å². The van der Waals surface area contributed by atoms with Gasteiger partial charge in [0.1, 0.15) is 0 Å². The SMILES string of the molecule is COCCN(Cc1cccc(C#CCN)c1)CC(C)C. The third-order valence-corrected chi connectivity index (χ3v) is 2.90. The number of rotatable bonds is 7. The predicted octanol–water partition coefficient (Wildman–Crippen LogP) is 2.10. The van der Waals surface area contributed by atoms with Crippen LogP contribution < -0.4 is 5.73 Å². The third-order valence-electron chi connectivity index (χ3n) is 2.90. The van der Waals surface area contributed by atoms with E-state index in [1.54, 1.807) is 7.11 Å². The van der Waals surface area contributed by atoms with Crippen molar-refractivity contribution in [3.63, 3.8) is 0 Å². The molecule has 0 atom stereocenters. The van der Waals surface area contributed by atoms with E-state index in [9.17, 15) is 0 Å². The number of ether oxygens (including phenoxy) is 1. The van der Waals surface area contributed by atoms with Crippen LogP contribution in [0, 0.1) is 17.8 Å². The summed E-state index contributed by atoms with van der Waals surface area (Å²) in [6.07, 6.45) is 0. The molecule has 0 aliphatic carbocycles. The van der Waals surface area contributed by atoms with Gasteiger partial charge in [-0.2, -0.15) is 0 Å². The Labute approximate surface area is 123 Å². The fraction of sp³-hybridized carbons (Fsp3) is 0.529. The molecule has 0 fully saturated rings. The van der Waals surface area contributed by atoms with E-state index in [2.05, 4.69) is 48.8 Å². The maximum Gasteiger partial charge on any atom is 0.0589 e. The van der Waals surface area contributed by atoms with E-state index >= 15 is 0 Å². The molecule has 0 saturated heterocycles. The Hall–Kier alpha value is -1.34. The number of nitrogens with two attached hydrogens (primary N) is 1. The topological polar surface area (TPSA) is 38.5 Å². The minimum Gasteiger partial charge on any atom is -0.383 e. The second kappa shape index (κ2) is 9.55. The number of hydrogen-bond acceptors (Lipinski definition) is 3. The zero-order valence-corrected chi connectivity index (χ0v) is 12.9. The Kier molecular flexibility index (Phi) is 7.98. The normalized spacial score (nSPS) is 10.7. The molecule has 2 N–H and O–H groups in total. The van der Waals surface area contributed by atoms with Gasteiger partial charge >= 0.3 is 0 Å². The number of benzene rings is 1. The summed E-state index contributed by atoms with van der Waals surface area (Å²) in [5.74, 6) is 6.62. The van der Waals surface area contributed by atoms with E-state index in [1.165, 1.54) is 5.56 Å². The maximum absolute atomic E-state index is 5.41. The van der Waals surface area contributed by atoms with Crippen molar-refractivity contribution in [3.8, 4) is 11.8 Å². The van der Waals surface area contributed by atoms with Gasteiger partial charge in [0.25, 0.3) is 0 Å². The van der Waals surface area contributed by atoms with Crippen LogP contribution >= 0.6 is 0 Å². The molecular formula is C17H26N2O. The van der Waals surface area contributed by atoms with Crippen LogP contribution in [0.3, 0.4) is 0 Å². The zero-order chi connectivity index (χ0) is 14.8. The van der Waals surface area contributed by atoms with Gasteiger partial charge in [0, 0.05) is 32.3 Å². The van der Waals surface area contributed by atoms with E-state index in [-0.39, 0.29) is 0 Å². The van der Waals surface area contributed by atoms with Crippen LogP contribution in [-0.4, -0.2) is 38.3 Å². The highest BCUT2D eigenvalue weighted by Gasteiger charge is 2.08. The highest BCUT2D eigenvalue weighted by atomic mass is 16.5. The largest absolute Gasteiger partial charge is 0.383 e. The highest BCUT2D eigenvalue weighted by Crippen LogP contribution is 2.09. The lowest BCUT2D eigenvalue weighted by Crippen LogP contribution is -2.30. The molecular weight excluding hydrogens is 248 g/mol. The monoisotopic (exact) mass is 274 g/mol. The summed E-state index contributed by atoms with van der Waals surface area (Å²) in [7, 11) is 1.75. The van der Waals surface area contributed by atoms with Crippen molar-refractivity contribution in [2.45, 2.75) is 20.4 Å². The van der Waals surface area contributed by atoms with Crippen molar-refractivity contribution < 1.29 is 4.74 Å². The predicted molar refractivity (Wildman–Crippen MR) is 84.4 cm³/mol. The second-order valence-corrected chi connectivity index (χ2v) is 5.33. The Bertz CT molecular complexity index is 446. The fourth-order valence-electron chi connectivity index (χ4n) is 2.13. The minimum absolute atomic E-state index is 0.400. The molecule has 110 valence electrons. The lowest BCUT2D eigenvalue weighted by Gasteiger charge is -2.24. The van der Waals surface area contributed by atoms with E-state index in [0.717, 1.165) is 31.8 Å². The van der Waals surface area contributed by atoms with Crippen LogP contribution in [0.25, 0.3) is 0 Å². The van der Waals surface area contributed by atoms with Crippen LogP contribution in [0.15, 0.2) is 24.3 Å². The standard InChI is InChI=1S/C17H26N2O/c1-15(2)13-19(10-11-20-3)14-17-7-4-6-16(12-17)8-5-9-18/h4,6-7,12,15H,9-11,13-14,18H2,1-3H3. The highest BCUT2D eigenvalue weighted by molar-refractivity contribution is 5.37. The molecule has 0 aliphatic heterocycles. The van der Waals surface area contributed by atoms with Crippen LogP contribution in [-0.2, 0) is 11.3 Å². The molecule has 0 aliphatic rings. The summed E-state index contributed by atoms with van der Waals surface area (Å²) < 4.78 is 5.19. The molecule has 0 spiro atoms. The molecule has 3 nitrogen and oxygen atoms in total. The van der Waals surface area contributed by atoms with Gasteiger partial charge in [-0.15, -0.1) is 0 Å². The van der Waals surface area contributed by atoms with Gasteiger partial charge in [-0.25, -0.2) is 0 Å². The van der Waals surface area contributed by atoms with Gasteiger partial charge < -0.3 is 10.5 Å². The van der Waals surface area contributed by atoms with Crippen LogP contribution in [0.1, 0.15) is 25.0 Å². The lowest BCUT2D eigenvalue weighted by atomic mass is 10.1. The first-order valence-electron chi connectivity index (χ1n) is 7.15. The summed E-state index contributed by atoms with van der Waals surface area (Å²) in [5, 5.41) is 0. The van der Waals surface area contributed by atoms with Gasteiger partial charge in [0.15, 0.2) is 0 Å². The molecule has 1 rings (SSSR count). The van der Waals surface area contributed by atoms with E-state index in [0.29, 0.717) is 12.5 Å². The zero-order valence-electron chi connectivity index (χ0n) is 12.9. The quantitative estimate of drug-likeness (QED) is 0.774. The van der Waals surface area contributed by atoms with Gasteiger partial charge in [0.05, 0.1) is 13.2 Å². The molecule has 0 unspecified atom stereocenters. The molecule has 0 saturated carbocycles. The van der Waals surface area contributed by atoms with Crippen molar-refractivity contribution >= 4 is 0 Å². The average Bonchev–Trinajstić information content (AvgIpc) is 2.42. The Morgan fingerprint density at radius 2 is 2.15 bits per heavy atom. The number of methoxy groups -OCH3 is 1. The molecule has 0 aromatic heterocycles. The molecule has 1 aromatic rings. The summed E-state index contributed by atoms with van der Waals surface area (Å²) >= 11 is 0. The molecule has 0 bridgehead atoms. The first-order chi connectivity index (χ1) is 9.65. The second-order valence-electron chi connectivity index (χ2n) is 5.33. The van der Waals surface area contributed by atoms with E-state index in [4.69, 9.17) is 10.5 Å². The summed E-state index contributed by atoms with van der Waals surface area (Å²) in [6, 6.07) is 8.37. The first-order valence-corrected chi connectivity index (χ1v) is 7.15. The molecule has 0 amide bonds. The van der Waals surface area contributed by atoms with Crippen molar-refractivity contribution in [1.29, 1.82) is 0 Å². The van der Waals surface area contributed by atoms with Crippen molar-refractivity contribution in [1.82, 2.24) is 4.90 Å². The van der Waals surface area contributed by atoms with E-state index < -0.39 is 0 Å². The Morgan fingerprint density at radius 1 is 1.35 bits per heavy atom. The van der Waals surface area contributed by atoms with Gasteiger partial charge in [-0.1, -0.05) is 37.8 Å². The van der Waals surface area contributed by atoms with Gasteiger partial charge in [-0.05, 0) is 23.6 Å². The van der Waals surface area contributed by atoms with Crippen LogP contribution in [0.4, 0.5) is 0 Å². The average molecular weight is 274 g/mol. The molecule has 20 heavy (non-hydrogen) atoms. The lowest BCUT2D eigenvalue weighted by molar-refractivity contribution is 0.136. The summed E-state index contributed by atoms with van der Waals surface area (Å²) in [6.45, 7) is 8.60. The maximum atomic E-state index is 5.41. The summed E-state index contributed by atoms with van der Waals surface area (Å²) in [4.78, 5) is 2.42. The van der Waals surface area contributed by atoms with Gasteiger partial charge in [0.2, 0.25) is 0 Å². The molecule has 1 aromatic carbocycles. The molecule has 0 heterocycles. The first kappa shape index (κ1) is 16.7. The summed E-state index contributed by atoms with van der Waals surface area (Å²) in [5.41, 5.74) is 7.72. The fourth-order valence-corrected chi connectivity index (χ4v) is 2.13. The van der Waals surface area contributed by atoms with Crippen molar-refractivity contribution in [3.05, 3.63) is 35.4 Å². The third kappa shape index (κ3) is 6.72. The Morgan fingerprint density at radius 3 is 2.80 bits per heavy atom.